The molecule has 0 spiro atoms. The first-order valence-corrected chi connectivity index (χ1v) is 9.38. The number of fused-ring (bicyclic) bond motifs is 1. The van der Waals surface area contributed by atoms with Gasteiger partial charge in [-0.2, -0.15) is 0 Å². The average molecular weight is 328 g/mol. The highest BCUT2D eigenvalue weighted by atomic mass is 16.2. The molecule has 0 N–H and O–H groups in total. The lowest BCUT2D eigenvalue weighted by atomic mass is 9.92. The molecule has 2 heterocycles. The Balaban J connectivity index is 1.60. The monoisotopic (exact) mass is 328 g/mol. The van der Waals surface area contributed by atoms with Gasteiger partial charge in [0.05, 0.1) is 11.1 Å². The van der Waals surface area contributed by atoms with E-state index < -0.39 is 0 Å². The van der Waals surface area contributed by atoms with Crippen LogP contribution in [0.5, 0.6) is 0 Å². The number of likely N-dealkylation sites (tertiary alicyclic amines) is 1. The van der Waals surface area contributed by atoms with E-state index in [9.17, 15) is 9.59 Å². The van der Waals surface area contributed by atoms with E-state index in [-0.39, 0.29) is 11.8 Å². The fourth-order valence-electron chi connectivity index (χ4n) is 4.31. The predicted octanol–water partition coefficient (Wildman–Crippen LogP) is 3.72. The van der Waals surface area contributed by atoms with Crippen molar-refractivity contribution >= 4 is 11.8 Å². The van der Waals surface area contributed by atoms with Crippen molar-refractivity contribution in [2.24, 2.45) is 0 Å². The van der Waals surface area contributed by atoms with Crippen molar-refractivity contribution in [2.75, 3.05) is 13.1 Å². The number of hydrogen-bond donors (Lipinski definition) is 0. The molecule has 1 aromatic rings. The average Bonchev–Trinajstić information content (AvgIpc) is 2.87. The van der Waals surface area contributed by atoms with Gasteiger partial charge in [0.25, 0.3) is 11.8 Å². The van der Waals surface area contributed by atoms with E-state index in [4.69, 9.17) is 0 Å². The number of piperidine rings is 1. The quantitative estimate of drug-likeness (QED) is 0.747. The summed E-state index contributed by atoms with van der Waals surface area (Å²) in [5, 5.41) is 0. The highest BCUT2D eigenvalue weighted by Gasteiger charge is 2.35. The predicted molar refractivity (Wildman–Crippen MR) is 95.1 cm³/mol. The molecular weight excluding hydrogens is 300 g/mol. The van der Waals surface area contributed by atoms with Crippen molar-refractivity contribution in [3.05, 3.63) is 35.4 Å². The Morgan fingerprint density at radius 3 is 1.96 bits per heavy atom. The standard InChI is InChI=1S/C20H28N2O2/c1-3-15-9-7-10-16(4-2)21(15)13-8-14-22-19(23)17-11-5-6-12-18(17)20(22)24/h5-6,11-12,15-16H,3-4,7-10,13-14H2,1-2H3. The van der Waals surface area contributed by atoms with Gasteiger partial charge in [0.2, 0.25) is 0 Å². The summed E-state index contributed by atoms with van der Waals surface area (Å²) in [5.74, 6) is -0.262. The summed E-state index contributed by atoms with van der Waals surface area (Å²) in [4.78, 5) is 28.9. The molecule has 4 heteroatoms. The van der Waals surface area contributed by atoms with Crippen LogP contribution in [0, 0.1) is 0 Å². The summed E-state index contributed by atoms with van der Waals surface area (Å²) >= 11 is 0. The normalized spacial score (nSPS) is 24.5. The van der Waals surface area contributed by atoms with Gasteiger partial charge in [-0.1, -0.05) is 32.4 Å². The van der Waals surface area contributed by atoms with E-state index in [1.165, 1.54) is 37.0 Å². The van der Waals surface area contributed by atoms with Gasteiger partial charge in [-0.3, -0.25) is 19.4 Å². The Morgan fingerprint density at radius 2 is 1.46 bits per heavy atom. The van der Waals surface area contributed by atoms with Crippen molar-refractivity contribution < 1.29 is 9.59 Å². The smallest absolute Gasteiger partial charge is 0.261 e. The van der Waals surface area contributed by atoms with Crippen LogP contribution >= 0.6 is 0 Å². The minimum atomic E-state index is -0.131. The van der Waals surface area contributed by atoms with E-state index in [1.54, 1.807) is 12.1 Å². The van der Waals surface area contributed by atoms with E-state index >= 15 is 0 Å². The van der Waals surface area contributed by atoms with Crippen LogP contribution in [0.3, 0.4) is 0 Å². The van der Waals surface area contributed by atoms with Crippen LogP contribution in [0.4, 0.5) is 0 Å². The third-order valence-electron chi connectivity index (χ3n) is 5.63. The van der Waals surface area contributed by atoms with Crippen LogP contribution in [0.15, 0.2) is 24.3 Å². The third kappa shape index (κ3) is 3.12. The van der Waals surface area contributed by atoms with Crippen LogP contribution < -0.4 is 0 Å². The van der Waals surface area contributed by atoms with Crippen LogP contribution in [0.1, 0.15) is 73.1 Å². The number of amides is 2. The maximum Gasteiger partial charge on any atom is 0.261 e. The second-order valence-electron chi connectivity index (χ2n) is 6.95. The van der Waals surface area contributed by atoms with Gasteiger partial charge in [-0.15, -0.1) is 0 Å². The van der Waals surface area contributed by atoms with Crippen molar-refractivity contribution in [1.82, 2.24) is 9.80 Å². The summed E-state index contributed by atoms with van der Waals surface area (Å²) in [6.45, 7) is 6.03. The molecule has 4 nitrogen and oxygen atoms in total. The lowest BCUT2D eigenvalue weighted by Gasteiger charge is -2.42. The first kappa shape index (κ1) is 17.2. The van der Waals surface area contributed by atoms with Crippen molar-refractivity contribution in [3.63, 3.8) is 0 Å². The molecule has 1 aromatic carbocycles. The number of hydrogen-bond acceptors (Lipinski definition) is 3. The minimum Gasteiger partial charge on any atom is -0.297 e. The second kappa shape index (κ2) is 7.47. The van der Waals surface area contributed by atoms with Gasteiger partial charge in [-0.25, -0.2) is 0 Å². The molecule has 0 saturated carbocycles. The zero-order valence-electron chi connectivity index (χ0n) is 14.8. The summed E-state index contributed by atoms with van der Waals surface area (Å²) in [5.41, 5.74) is 1.11. The van der Waals surface area contributed by atoms with Gasteiger partial charge in [0.1, 0.15) is 0 Å². The van der Waals surface area contributed by atoms with Crippen molar-refractivity contribution in [2.45, 2.75) is 64.5 Å². The number of carbonyl (C=O) groups excluding carboxylic acids is 2. The minimum absolute atomic E-state index is 0.131. The van der Waals surface area contributed by atoms with E-state index in [1.807, 2.05) is 12.1 Å². The van der Waals surface area contributed by atoms with E-state index in [0.29, 0.717) is 29.8 Å². The maximum absolute atomic E-state index is 12.4. The molecule has 0 bridgehead atoms. The van der Waals surface area contributed by atoms with Gasteiger partial charge in [0, 0.05) is 25.2 Å². The highest BCUT2D eigenvalue weighted by Crippen LogP contribution is 2.27. The lowest BCUT2D eigenvalue weighted by molar-refractivity contribution is 0.0589. The molecule has 2 aliphatic rings. The number of carbonyl (C=O) groups is 2. The summed E-state index contributed by atoms with van der Waals surface area (Å²) < 4.78 is 0. The van der Waals surface area contributed by atoms with Crippen LogP contribution in [-0.4, -0.2) is 46.8 Å². The van der Waals surface area contributed by atoms with Crippen LogP contribution in [0.25, 0.3) is 0 Å². The second-order valence-corrected chi connectivity index (χ2v) is 6.95. The van der Waals surface area contributed by atoms with Crippen LogP contribution in [-0.2, 0) is 0 Å². The van der Waals surface area contributed by atoms with Gasteiger partial charge < -0.3 is 0 Å². The highest BCUT2D eigenvalue weighted by molar-refractivity contribution is 6.21. The first-order valence-electron chi connectivity index (χ1n) is 9.38. The fourth-order valence-corrected chi connectivity index (χ4v) is 4.31. The Bertz CT molecular complexity index is 566. The number of nitrogens with zero attached hydrogens (tertiary/aromatic N) is 2. The Labute approximate surface area is 144 Å². The van der Waals surface area contributed by atoms with E-state index in [2.05, 4.69) is 18.7 Å². The van der Waals surface area contributed by atoms with Gasteiger partial charge >= 0.3 is 0 Å². The molecule has 24 heavy (non-hydrogen) atoms. The van der Waals surface area contributed by atoms with Gasteiger partial charge in [-0.05, 0) is 44.2 Å². The zero-order valence-corrected chi connectivity index (χ0v) is 14.8. The number of rotatable bonds is 6. The summed E-state index contributed by atoms with van der Waals surface area (Å²) in [7, 11) is 0. The largest absolute Gasteiger partial charge is 0.297 e. The summed E-state index contributed by atoms with van der Waals surface area (Å²) in [6.07, 6.45) is 7.11. The molecule has 2 unspecified atom stereocenters. The van der Waals surface area contributed by atoms with Gasteiger partial charge in [0.15, 0.2) is 0 Å². The Morgan fingerprint density at radius 1 is 0.917 bits per heavy atom. The van der Waals surface area contributed by atoms with Crippen molar-refractivity contribution in [3.8, 4) is 0 Å². The fraction of sp³-hybridized carbons (Fsp3) is 0.600. The SMILES string of the molecule is CCC1CCCC(CC)N1CCCN1C(=O)c2ccccc2C1=O. The molecule has 1 saturated heterocycles. The molecule has 130 valence electrons. The summed E-state index contributed by atoms with van der Waals surface area (Å²) in [6, 6.07) is 8.45. The maximum atomic E-state index is 12.4. The third-order valence-corrected chi connectivity index (χ3v) is 5.63. The molecule has 0 aromatic heterocycles. The molecule has 0 radical (unpaired) electrons. The Hall–Kier alpha value is -1.68. The molecule has 2 amide bonds. The zero-order chi connectivity index (χ0) is 17.1. The number of benzene rings is 1. The Kier molecular flexibility index (Phi) is 5.34. The molecule has 3 rings (SSSR count). The van der Waals surface area contributed by atoms with Crippen LogP contribution in [0.2, 0.25) is 0 Å². The topological polar surface area (TPSA) is 40.6 Å². The molecule has 2 aliphatic heterocycles. The molecular formula is C20H28N2O2. The molecule has 2 atom stereocenters. The lowest BCUT2D eigenvalue weighted by Crippen LogP contribution is -2.47. The first-order chi connectivity index (χ1) is 11.7. The molecule has 1 fully saturated rings. The number of imide groups is 1. The molecule has 0 aliphatic carbocycles. The van der Waals surface area contributed by atoms with Crippen molar-refractivity contribution in [1.29, 1.82) is 0 Å². The van der Waals surface area contributed by atoms with E-state index in [0.717, 1.165) is 13.0 Å².